The van der Waals surface area contributed by atoms with Crippen molar-refractivity contribution in [2.45, 2.75) is 51.7 Å². The average molecular weight is 507 g/mol. The Kier molecular flexibility index (Phi) is 6.47. The van der Waals surface area contributed by atoms with E-state index in [0.29, 0.717) is 23.9 Å². The number of hydrogen-bond acceptors (Lipinski definition) is 5. The number of aromatic nitrogens is 5. The summed E-state index contributed by atoms with van der Waals surface area (Å²) in [5.74, 6) is 2.47. The van der Waals surface area contributed by atoms with Crippen molar-refractivity contribution in [1.29, 1.82) is 0 Å². The zero-order valence-corrected chi connectivity index (χ0v) is 21.3. The van der Waals surface area contributed by atoms with Gasteiger partial charge in [-0.15, -0.1) is 0 Å². The molecule has 192 valence electrons. The van der Waals surface area contributed by atoms with E-state index in [1.54, 1.807) is 13.2 Å². The predicted molar refractivity (Wildman–Crippen MR) is 137 cm³/mol. The van der Waals surface area contributed by atoms with Crippen molar-refractivity contribution >= 4 is 5.82 Å². The minimum Gasteiger partial charge on any atom is -0.352 e. The molecule has 5 rings (SSSR count). The van der Waals surface area contributed by atoms with E-state index in [9.17, 15) is 13.2 Å². The molecule has 0 fully saturated rings. The fourth-order valence-electron chi connectivity index (χ4n) is 4.80. The molecular weight excluding hydrogens is 477 g/mol. The second kappa shape index (κ2) is 9.61. The topological polar surface area (TPSA) is 59.7 Å². The molecule has 4 aromatic rings. The number of alkyl halides is 3. The largest absolute Gasteiger partial charge is 0.434 e. The van der Waals surface area contributed by atoms with Crippen LogP contribution in [0.15, 0.2) is 55.0 Å². The van der Waals surface area contributed by atoms with Crippen molar-refractivity contribution in [3.05, 3.63) is 77.5 Å². The molecule has 0 N–H and O–H groups in total. The van der Waals surface area contributed by atoms with E-state index >= 15 is 0 Å². The molecule has 0 radical (unpaired) electrons. The van der Waals surface area contributed by atoms with Crippen LogP contribution in [0.5, 0.6) is 0 Å². The van der Waals surface area contributed by atoms with Gasteiger partial charge in [-0.3, -0.25) is 4.98 Å². The van der Waals surface area contributed by atoms with Gasteiger partial charge in [0.1, 0.15) is 11.6 Å². The Hall–Kier alpha value is -3.75. The Balaban J connectivity index is 1.43. The van der Waals surface area contributed by atoms with Gasteiger partial charge in [0.25, 0.3) is 0 Å². The van der Waals surface area contributed by atoms with Crippen LogP contribution in [0.3, 0.4) is 0 Å². The number of fused-ring (bicyclic) bond motifs is 1. The van der Waals surface area contributed by atoms with Crippen LogP contribution in [0.2, 0.25) is 0 Å². The number of nitrogens with zero attached hydrogens (tertiary/aromatic N) is 6. The number of benzene rings is 1. The molecule has 1 unspecified atom stereocenters. The van der Waals surface area contributed by atoms with Crippen LogP contribution in [0.4, 0.5) is 19.0 Å². The number of rotatable bonds is 5. The third kappa shape index (κ3) is 4.95. The lowest BCUT2D eigenvalue weighted by atomic mass is 9.94. The summed E-state index contributed by atoms with van der Waals surface area (Å²) < 4.78 is 40.6. The molecule has 1 aromatic carbocycles. The normalized spacial score (nSPS) is 15.8. The van der Waals surface area contributed by atoms with Crippen molar-refractivity contribution in [2.75, 3.05) is 11.4 Å². The van der Waals surface area contributed by atoms with Crippen LogP contribution < -0.4 is 4.90 Å². The number of imidazole rings is 1. The van der Waals surface area contributed by atoms with Crippen molar-refractivity contribution < 1.29 is 13.2 Å². The molecule has 0 saturated heterocycles. The first-order chi connectivity index (χ1) is 17.6. The molecule has 37 heavy (non-hydrogen) atoms. The Morgan fingerprint density at radius 2 is 1.81 bits per heavy atom. The van der Waals surface area contributed by atoms with Crippen molar-refractivity contribution in [3.8, 4) is 22.8 Å². The standard InChI is InChI=1S/C28H29F3N6/c1-17(2)24-21(6-5-12-32-24)25-33-14-22-18(3)11-13-37(27(22)35-25)15-19-7-9-20(10-8-19)26-34-23(16-36(26)4)28(29,30)31/h5-10,12,14,16-18H,11,13,15H2,1-4H3. The zero-order valence-electron chi connectivity index (χ0n) is 21.3. The summed E-state index contributed by atoms with van der Waals surface area (Å²) in [6.45, 7) is 7.90. The van der Waals surface area contributed by atoms with E-state index in [1.807, 2.05) is 42.6 Å². The number of halogens is 3. The molecular formula is C28H29F3N6. The monoisotopic (exact) mass is 506 g/mol. The summed E-state index contributed by atoms with van der Waals surface area (Å²) in [4.78, 5) is 20.3. The third-order valence-electron chi connectivity index (χ3n) is 6.84. The second-order valence-electron chi connectivity index (χ2n) is 9.93. The van der Waals surface area contributed by atoms with Gasteiger partial charge in [-0.25, -0.2) is 15.0 Å². The molecule has 0 spiro atoms. The van der Waals surface area contributed by atoms with Gasteiger partial charge in [0.15, 0.2) is 11.5 Å². The molecule has 1 atom stereocenters. The maximum Gasteiger partial charge on any atom is 0.434 e. The fraction of sp³-hybridized carbons (Fsp3) is 0.357. The summed E-state index contributed by atoms with van der Waals surface area (Å²) in [5.41, 5.74) is 3.82. The third-order valence-corrected chi connectivity index (χ3v) is 6.84. The van der Waals surface area contributed by atoms with Gasteiger partial charge in [-0.1, -0.05) is 45.0 Å². The van der Waals surface area contributed by atoms with Gasteiger partial charge in [0.2, 0.25) is 0 Å². The van der Waals surface area contributed by atoms with E-state index in [2.05, 4.69) is 35.6 Å². The van der Waals surface area contributed by atoms with Crippen LogP contribution in [-0.4, -0.2) is 31.0 Å². The van der Waals surface area contributed by atoms with Gasteiger partial charge >= 0.3 is 6.18 Å². The lowest BCUT2D eigenvalue weighted by Crippen LogP contribution is -2.31. The fourth-order valence-corrected chi connectivity index (χ4v) is 4.80. The Bertz CT molecular complexity index is 1410. The van der Waals surface area contributed by atoms with E-state index in [4.69, 9.17) is 9.97 Å². The maximum atomic E-state index is 13.1. The summed E-state index contributed by atoms with van der Waals surface area (Å²) >= 11 is 0. The molecule has 6 nitrogen and oxygen atoms in total. The lowest BCUT2D eigenvalue weighted by molar-refractivity contribution is -0.140. The number of pyridine rings is 1. The SMILES string of the molecule is CC(C)c1ncccc1-c1ncc2c(n1)N(Cc1ccc(-c3nc(C(F)(F)F)cn3C)cc1)CCC2C. The van der Waals surface area contributed by atoms with Crippen LogP contribution in [0, 0.1) is 0 Å². The highest BCUT2D eigenvalue weighted by Gasteiger charge is 2.34. The molecule has 1 aliphatic rings. The van der Waals surface area contributed by atoms with E-state index < -0.39 is 11.9 Å². The highest BCUT2D eigenvalue weighted by Crippen LogP contribution is 2.36. The smallest absolute Gasteiger partial charge is 0.352 e. The van der Waals surface area contributed by atoms with Crippen molar-refractivity contribution in [1.82, 2.24) is 24.5 Å². The second-order valence-corrected chi connectivity index (χ2v) is 9.93. The zero-order chi connectivity index (χ0) is 26.3. The van der Waals surface area contributed by atoms with Crippen molar-refractivity contribution in [2.24, 2.45) is 7.05 Å². The summed E-state index contributed by atoms with van der Waals surface area (Å²) in [5, 5.41) is 0. The molecule has 0 saturated carbocycles. The lowest BCUT2D eigenvalue weighted by Gasteiger charge is -2.33. The van der Waals surface area contributed by atoms with Crippen molar-refractivity contribution in [3.63, 3.8) is 0 Å². The maximum absolute atomic E-state index is 13.1. The summed E-state index contributed by atoms with van der Waals surface area (Å²) in [6.07, 6.45) is 1.27. The van der Waals surface area contributed by atoms with Gasteiger partial charge in [-0.05, 0) is 36.0 Å². The van der Waals surface area contributed by atoms with E-state index in [1.165, 1.54) is 4.57 Å². The van der Waals surface area contributed by atoms with Gasteiger partial charge in [0.05, 0.1) is 5.69 Å². The van der Waals surface area contributed by atoms with Gasteiger partial charge < -0.3 is 9.47 Å². The molecule has 0 aliphatic carbocycles. The Labute approximate surface area is 214 Å². The van der Waals surface area contributed by atoms with E-state index in [-0.39, 0.29) is 11.7 Å². The van der Waals surface area contributed by atoms with Crippen LogP contribution in [0.1, 0.15) is 61.5 Å². The molecule has 0 amide bonds. The van der Waals surface area contributed by atoms with Crippen LogP contribution in [0.25, 0.3) is 22.8 Å². The number of anilines is 1. The molecule has 4 heterocycles. The first kappa shape index (κ1) is 24.9. The Morgan fingerprint density at radius 3 is 2.49 bits per heavy atom. The summed E-state index contributed by atoms with van der Waals surface area (Å²) in [6, 6.07) is 11.4. The predicted octanol–water partition coefficient (Wildman–Crippen LogP) is 6.60. The minimum atomic E-state index is -4.47. The summed E-state index contributed by atoms with van der Waals surface area (Å²) in [7, 11) is 1.57. The average Bonchev–Trinajstić information content (AvgIpc) is 3.28. The quantitative estimate of drug-likeness (QED) is 0.305. The van der Waals surface area contributed by atoms with Gasteiger partial charge in [0, 0.05) is 55.4 Å². The minimum absolute atomic E-state index is 0.246. The number of aryl methyl sites for hydroxylation is 1. The van der Waals surface area contributed by atoms with Gasteiger partial charge in [-0.2, -0.15) is 13.2 Å². The first-order valence-electron chi connectivity index (χ1n) is 12.4. The molecule has 1 aliphatic heterocycles. The van der Waals surface area contributed by atoms with Crippen LogP contribution in [-0.2, 0) is 19.8 Å². The highest BCUT2D eigenvalue weighted by atomic mass is 19.4. The molecule has 9 heteroatoms. The molecule has 3 aromatic heterocycles. The highest BCUT2D eigenvalue weighted by molar-refractivity contribution is 5.63. The van der Waals surface area contributed by atoms with E-state index in [0.717, 1.165) is 47.4 Å². The molecule has 0 bridgehead atoms. The Morgan fingerprint density at radius 1 is 1.05 bits per heavy atom. The number of hydrogen-bond donors (Lipinski definition) is 0. The van der Waals surface area contributed by atoms with Crippen LogP contribution >= 0.6 is 0 Å². The first-order valence-corrected chi connectivity index (χ1v) is 12.4.